The van der Waals surface area contributed by atoms with E-state index in [0.29, 0.717) is 12.0 Å². The molecule has 1 amide bonds. The maximum absolute atomic E-state index is 13.6. The lowest BCUT2D eigenvalue weighted by Gasteiger charge is -2.08. The minimum Gasteiger partial charge on any atom is -0.352 e. The lowest BCUT2D eigenvalue weighted by molar-refractivity contribution is 0.0945. The van der Waals surface area contributed by atoms with Gasteiger partial charge in [0.05, 0.1) is 0 Å². The van der Waals surface area contributed by atoms with Crippen LogP contribution >= 0.6 is 15.9 Å². The minimum atomic E-state index is -0.940. The van der Waals surface area contributed by atoms with Gasteiger partial charge in [-0.25, -0.2) is 13.2 Å². The molecular formula is C15H11BrF3NO. The number of benzene rings is 2. The van der Waals surface area contributed by atoms with E-state index in [0.717, 1.165) is 12.1 Å². The van der Waals surface area contributed by atoms with Gasteiger partial charge in [-0.05, 0) is 36.2 Å². The van der Waals surface area contributed by atoms with Crippen molar-refractivity contribution in [3.8, 4) is 0 Å². The zero-order valence-electron chi connectivity index (χ0n) is 10.8. The number of hydrogen-bond acceptors (Lipinski definition) is 1. The van der Waals surface area contributed by atoms with Crippen molar-refractivity contribution in [1.29, 1.82) is 0 Å². The molecule has 0 unspecified atom stereocenters. The standard InChI is InChI=1S/C15H11BrF3NO/c16-10-7-12(18)14(13(19)8-10)15(21)20-5-4-9-2-1-3-11(17)6-9/h1-3,6-8H,4-5H2,(H,20,21). The molecule has 0 saturated carbocycles. The van der Waals surface area contributed by atoms with E-state index in [2.05, 4.69) is 21.2 Å². The van der Waals surface area contributed by atoms with Crippen LogP contribution in [0.2, 0.25) is 0 Å². The van der Waals surface area contributed by atoms with E-state index in [1.807, 2.05) is 0 Å². The molecule has 0 saturated heterocycles. The van der Waals surface area contributed by atoms with E-state index < -0.39 is 23.1 Å². The highest BCUT2D eigenvalue weighted by molar-refractivity contribution is 9.10. The van der Waals surface area contributed by atoms with Crippen molar-refractivity contribution >= 4 is 21.8 Å². The highest BCUT2D eigenvalue weighted by atomic mass is 79.9. The summed E-state index contributed by atoms with van der Waals surface area (Å²) in [4.78, 5) is 11.8. The van der Waals surface area contributed by atoms with Gasteiger partial charge in [0, 0.05) is 11.0 Å². The topological polar surface area (TPSA) is 29.1 Å². The molecule has 0 atom stereocenters. The van der Waals surface area contributed by atoms with Crippen LogP contribution in [0.1, 0.15) is 15.9 Å². The summed E-state index contributed by atoms with van der Waals surface area (Å²) in [7, 11) is 0. The van der Waals surface area contributed by atoms with Gasteiger partial charge in [-0.3, -0.25) is 4.79 Å². The molecule has 0 aliphatic heterocycles. The van der Waals surface area contributed by atoms with Gasteiger partial charge in [0.1, 0.15) is 23.0 Å². The van der Waals surface area contributed by atoms with E-state index in [4.69, 9.17) is 0 Å². The summed E-state index contributed by atoms with van der Waals surface area (Å²) in [6.45, 7) is 0.150. The second-order valence-corrected chi connectivity index (χ2v) is 5.30. The summed E-state index contributed by atoms with van der Waals surface area (Å²) in [5, 5.41) is 2.41. The molecule has 1 N–H and O–H groups in total. The first kappa shape index (κ1) is 15.6. The summed E-state index contributed by atoms with van der Waals surface area (Å²) >= 11 is 2.94. The normalized spacial score (nSPS) is 10.5. The van der Waals surface area contributed by atoms with Crippen molar-refractivity contribution in [2.45, 2.75) is 6.42 Å². The Morgan fingerprint density at radius 2 is 1.76 bits per heavy atom. The molecule has 2 aromatic carbocycles. The number of rotatable bonds is 4. The minimum absolute atomic E-state index is 0.150. The van der Waals surface area contributed by atoms with Crippen molar-refractivity contribution in [3.63, 3.8) is 0 Å². The smallest absolute Gasteiger partial charge is 0.257 e. The average Bonchev–Trinajstić information content (AvgIpc) is 2.37. The van der Waals surface area contributed by atoms with E-state index in [1.165, 1.54) is 12.1 Å². The SMILES string of the molecule is O=C(NCCc1cccc(F)c1)c1c(F)cc(Br)cc1F. The van der Waals surface area contributed by atoms with Crippen LogP contribution in [0.5, 0.6) is 0 Å². The Kier molecular flexibility index (Phi) is 5.01. The van der Waals surface area contributed by atoms with Crippen LogP contribution in [0, 0.1) is 17.5 Å². The van der Waals surface area contributed by atoms with Crippen LogP contribution < -0.4 is 5.32 Å². The summed E-state index contributed by atoms with van der Waals surface area (Å²) in [5.41, 5.74) is 0.0597. The monoisotopic (exact) mass is 357 g/mol. The first-order chi connectivity index (χ1) is 9.97. The van der Waals surface area contributed by atoms with Gasteiger partial charge >= 0.3 is 0 Å². The molecule has 0 heterocycles. The third-order valence-corrected chi connectivity index (χ3v) is 3.28. The molecule has 0 spiro atoms. The van der Waals surface area contributed by atoms with Crippen LogP contribution in [0.3, 0.4) is 0 Å². The van der Waals surface area contributed by atoms with Gasteiger partial charge in [0.2, 0.25) is 0 Å². The molecule has 2 rings (SSSR count). The zero-order chi connectivity index (χ0) is 15.4. The molecule has 2 nitrogen and oxygen atoms in total. The highest BCUT2D eigenvalue weighted by Gasteiger charge is 2.17. The molecule has 2 aromatic rings. The van der Waals surface area contributed by atoms with E-state index in [9.17, 15) is 18.0 Å². The molecule has 6 heteroatoms. The summed E-state index contributed by atoms with van der Waals surface area (Å²) in [6.07, 6.45) is 0.364. The number of carbonyl (C=O) groups is 1. The largest absolute Gasteiger partial charge is 0.352 e. The van der Waals surface area contributed by atoms with Gasteiger partial charge in [0.25, 0.3) is 5.91 Å². The summed E-state index contributed by atoms with van der Waals surface area (Å²) in [5.74, 6) is -3.09. The third-order valence-electron chi connectivity index (χ3n) is 2.82. The molecule has 0 radical (unpaired) electrons. The van der Waals surface area contributed by atoms with Crippen LogP contribution in [-0.2, 0) is 6.42 Å². The Morgan fingerprint density at radius 3 is 2.38 bits per heavy atom. The number of nitrogens with one attached hydrogen (secondary N) is 1. The van der Waals surface area contributed by atoms with E-state index >= 15 is 0 Å². The highest BCUT2D eigenvalue weighted by Crippen LogP contribution is 2.19. The maximum Gasteiger partial charge on any atom is 0.257 e. The molecule has 0 fully saturated rings. The zero-order valence-corrected chi connectivity index (χ0v) is 12.4. The third kappa shape index (κ3) is 4.07. The molecule has 0 aliphatic rings. The number of amides is 1. The Bertz CT molecular complexity index is 653. The van der Waals surface area contributed by atoms with Crippen molar-refractivity contribution in [3.05, 3.63) is 69.4 Å². The molecular weight excluding hydrogens is 347 g/mol. The van der Waals surface area contributed by atoms with Crippen LogP contribution in [-0.4, -0.2) is 12.5 Å². The molecule has 0 bridgehead atoms. The van der Waals surface area contributed by atoms with Crippen LogP contribution in [0.4, 0.5) is 13.2 Å². The molecule has 0 aliphatic carbocycles. The lowest BCUT2D eigenvalue weighted by Crippen LogP contribution is -2.27. The van der Waals surface area contributed by atoms with Gasteiger partial charge < -0.3 is 5.32 Å². The fourth-order valence-electron chi connectivity index (χ4n) is 1.86. The second-order valence-electron chi connectivity index (χ2n) is 4.38. The maximum atomic E-state index is 13.6. The number of hydrogen-bond donors (Lipinski definition) is 1. The molecule has 110 valence electrons. The van der Waals surface area contributed by atoms with Gasteiger partial charge in [0.15, 0.2) is 0 Å². The summed E-state index contributed by atoms with van der Waals surface area (Å²) < 4.78 is 40.4. The Balaban J connectivity index is 1.99. The Morgan fingerprint density at radius 1 is 1.10 bits per heavy atom. The number of carbonyl (C=O) groups excluding carboxylic acids is 1. The van der Waals surface area contributed by atoms with E-state index in [1.54, 1.807) is 12.1 Å². The van der Waals surface area contributed by atoms with Gasteiger partial charge in [-0.1, -0.05) is 28.1 Å². The second kappa shape index (κ2) is 6.76. The first-order valence-corrected chi connectivity index (χ1v) is 6.94. The van der Waals surface area contributed by atoms with Crippen molar-refractivity contribution < 1.29 is 18.0 Å². The van der Waals surface area contributed by atoms with Crippen molar-refractivity contribution in [2.75, 3.05) is 6.54 Å². The summed E-state index contributed by atoms with van der Waals surface area (Å²) in [6, 6.07) is 7.95. The number of halogens is 4. The average molecular weight is 358 g/mol. The fourth-order valence-corrected chi connectivity index (χ4v) is 2.26. The van der Waals surface area contributed by atoms with Crippen molar-refractivity contribution in [2.24, 2.45) is 0 Å². The predicted octanol–water partition coefficient (Wildman–Crippen LogP) is 3.84. The Hall–Kier alpha value is -1.82. The Labute approximate surface area is 128 Å². The molecule has 0 aromatic heterocycles. The van der Waals surface area contributed by atoms with Crippen LogP contribution in [0.25, 0.3) is 0 Å². The lowest BCUT2D eigenvalue weighted by atomic mass is 10.1. The van der Waals surface area contributed by atoms with Gasteiger partial charge in [-0.15, -0.1) is 0 Å². The van der Waals surface area contributed by atoms with Crippen molar-refractivity contribution in [1.82, 2.24) is 5.32 Å². The fraction of sp³-hybridized carbons (Fsp3) is 0.133. The predicted molar refractivity (Wildman–Crippen MR) is 76.5 cm³/mol. The quantitative estimate of drug-likeness (QED) is 0.884. The first-order valence-electron chi connectivity index (χ1n) is 6.14. The molecule has 21 heavy (non-hydrogen) atoms. The van der Waals surface area contributed by atoms with Gasteiger partial charge in [-0.2, -0.15) is 0 Å². The van der Waals surface area contributed by atoms with E-state index in [-0.39, 0.29) is 16.8 Å². The van der Waals surface area contributed by atoms with Crippen LogP contribution in [0.15, 0.2) is 40.9 Å².